The Kier molecular flexibility index (Phi) is 4.78. The highest BCUT2D eigenvalue weighted by Crippen LogP contribution is 2.35. The van der Waals surface area contributed by atoms with Crippen LogP contribution in [-0.2, 0) is 0 Å². The number of hydrogen-bond donors (Lipinski definition) is 0. The second-order valence-corrected chi connectivity index (χ2v) is 14.9. The molecule has 0 aliphatic heterocycles. The minimum atomic E-state index is -1.46. The topological polar surface area (TPSA) is 31.0 Å². The third-order valence-corrected chi connectivity index (χ3v) is 8.52. The van der Waals surface area contributed by atoms with Crippen LogP contribution in [0, 0.1) is 0 Å². The first-order chi connectivity index (χ1) is 16.5. The minimum Gasteiger partial charge on any atom is -0.464 e. The number of para-hydroxylation sites is 2. The van der Waals surface area contributed by atoms with Crippen LogP contribution >= 0.6 is 0 Å². The van der Waals surface area contributed by atoms with Crippen LogP contribution < -0.4 is 5.19 Å². The highest BCUT2D eigenvalue weighted by Gasteiger charge is 2.21. The SMILES string of the molecule is C[Si](C)(C)c1ccc2occ(-c3nc4ccccc4n3-c3ccc(-c4ccccc4)cc3)c2c1. The number of nitrogens with zero attached hydrogens (tertiary/aromatic N) is 2. The molecule has 34 heavy (non-hydrogen) atoms. The fraction of sp³-hybridized carbons (Fsp3) is 0.100. The quantitative estimate of drug-likeness (QED) is 0.254. The molecule has 0 aliphatic carbocycles. The van der Waals surface area contributed by atoms with Crippen LogP contribution in [0.4, 0.5) is 0 Å². The molecule has 4 aromatic carbocycles. The van der Waals surface area contributed by atoms with Crippen LogP contribution in [-0.4, -0.2) is 17.6 Å². The van der Waals surface area contributed by atoms with E-state index >= 15 is 0 Å². The third kappa shape index (κ3) is 3.47. The summed E-state index contributed by atoms with van der Waals surface area (Å²) in [5, 5.41) is 2.54. The first kappa shape index (κ1) is 20.7. The maximum atomic E-state index is 6.00. The van der Waals surface area contributed by atoms with E-state index < -0.39 is 8.07 Å². The van der Waals surface area contributed by atoms with E-state index in [1.54, 1.807) is 0 Å². The van der Waals surface area contributed by atoms with Crippen LogP contribution in [0.5, 0.6) is 0 Å². The lowest BCUT2D eigenvalue weighted by atomic mass is 10.1. The maximum Gasteiger partial charge on any atom is 0.149 e. The summed E-state index contributed by atoms with van der Waals surface area (Å²) < 4.78 is 8.24. The number of imidazole rings is 1. The van der Waals surface area contributed by atoms with E-state index in [1.165, 1.54) is 16.3 Å². The number of fused-ring (bicyclic) bond motifs is 2. The molecule has 166 valence electrons. The fourth-order valence-electron chi connectivity index (χ4n) is 4.57. The Morgan fingerprint density at radius 3 is 2.21 bits per heavy atom. The normalized spacial score (nSPS) is 12.0. The molecular formula is C30H26N2OSi. The first-order valence-corrected chi connectivity index (χ1v) is 15.1. The molecule has 0 aliphatic rings. The molecule has 6 aromatic rings. The van der Waals surface area contributed by atoms with Crippen LogP contribution in [0.25, 0.3) is 50.2 Å². The molecule has 0 unspecified atom stereocenters. The van der Waals surface area contributed by atoms with Gasteiger partial charge in [-0.2, -0.15) is 0 Å². The zero-order valence-corrected chi connectivity index (χ0v) is 20.6. The zero-order chi connectivity index (χ0) is 23.3. The smallest absolute Gasteiger partial charge is 0.149 e. The second-order valence-electron chi connectivity index (χ2n) is 9.78. The summed E-state index contributed by atoms with van der Waals surface area (Å²) in [7, 11) is -1.46. The van der Waals surface area contributed by atoms with Crippen molar-refractivity contribution in [2.24, 2.45) is 0 Å². The number of hydrogen-bond acceptors (Lipinski definition) is 2. The molecule has 0 amide bonds. The van der Waals surface area contributed by atoms with Crippen molar-refractivity contribution in [1.29, 1.82) is 0 Å². The van der Waals surface area contributed by atoms with Gasteiger partial charge in [0.05, 0.1) is 24.7 Å². The lowest BCUT2D eigenvalue weighted by molar-refractivity contribution is 0.616. The Hall–Kier alpha value is -3.89. The summed E-state index contributed by atoms with van der Waals surface area (Å²) in [6.45, 7) is 7.12. The average Bonchev–Trinajstić information content (AvgIpc) is 3.45. The minimum absolute atomic E-state index is 0.898. The second kappa shape index (κ2) is 7.85. The van der Waals surface area contributed by atoms with Crippen LogP contribution in [0.1, 0.15) is 0 Å². The fourth-order valence-corrected chi connectivity index (χ4v) is 5.73. The summed E-state index contributed by atoms with van der Waals surface area (Å²) in [5.74, 6) is 0.903. The molecule has 4 heteroatoms. The number of rotatable bonds is 4. The molecule has 0 saturated heterocycles. The van der Waals surface area contributed by atoms with E-state index in [9.17, 15) is 0 Å². The van der Waals surface area contributed by atoms with E-state index in [0.29, 0.717) is 0 Å². The molecular weight excluding hydrogens is 432 g/mol. The van der Waals surface area contributed by atoms with E-state index in [4.69, 9.17) is 9.40 Å². The van der Waals surface area contributed by atoms with E-state index in [2.05, 4.69) is 109 Å². The predicted octanol–water partition coefficient (Wildman–Crippen LogP) is 7.65. The third-order valence-electron chi connectivity index (χ3n) is 6.47. The average molecular weight is 459 g/mol. The van der Waals surface area contributed by atoms with Gasteiger partial charge in [-0.15, -0.1) is 0 Å². The van der Waals surface area contributed by atoms with E-state index in [-0.39, 0.29) is 0 Å². The van der Waals surface area contributed by atoms with Gasteiger partial charge >= 0.3 is 0 Å². The van der Waals surface area contributed by atoms with Gasteiger partial charge < -0.3 is 4.42 Å². The van der Waals surface area contributed by atoms with Crippen molar-refractivity contribution in [2.45, 2.75) is 19.6 Å². The van der Waals surface area contributed by atoms with Crippen molar-refractivity contribution in [2.75, 3.05) is 0 Å². The van der Waals surface area contributed by atoms with Crippen molar-refractivity contribution in [1.82, 2.24) is 9.55 Å². The maximum absolute atomic E-state index is 6.00. The lowest BCUT2D eigenvalue weighted by Gasteiger charge is -2.16. The predicted molar refractivity (Wildman–Crippen MR) is 145 cm³/mol. The molecule has 0 atom stereocenters. The molecule has 2 heterocycles. The summed E-state index contributed by atoms with van der Waals surface area (Å²) in [6.07, 6.45) is 1.86. The molecule has 0 N–H and O–H groups in total. The Bertz CT molecular complexity index is 1620. The van der Waals surface area contributed by atoms with Crippen molar-refractivity contribution in [3.05, 3.63) is 103 Å². The molecule has 0 radical (unpaired) electrons. The number of benzene rings is 4. The van der Waals surface area contributed by atoms with Gasteiger partial charge in [-0.05, 0) is 41.5 Å². The van der Waals surface area contributed by atoms with Gasteiger partial charge in [0.1, 0.15) is 17.7 Å². The Labute approximate surface area is 200 Å². The summed E-state index contributed by atoms with van der Waals surface area (Å²) in [4.78, 5) is 5.07. The summed E-state index contributed by atoms with van der Waals surface area (Å²) in [5.41, 5.74) is 7.47. The molecule has 2 aromatic heterocycles. The molecule has 0 bridgehead atoms. The zero-order valence-electron chi connectivity index (χ0n) is 19.6. The monoisotopic (exact) mass is 458 g/mol. The number of aromatic nitrogens is 2. The highest BCUT2D eigenvalue weighted by molar-refractivity contribution is 6.88. The van der Waals surface area contributed by atoms with Gasteiger partial charge in [0.2, 0.25) is 0 Å². The summed E-state index contributed by atoms with van der Waals surface area (Å²) >= 11 is 0. The molecule has 0 saturated carbocycles. The van der Waals surface area contributed by atoms with Gasteiger partial charge in [0.15, 0.2) is 0 Å². The highest BCUT2D eigenvalue weighted by atomic mass is 28.3. The Morgan fingerprint density at radius 1 is 0.735 bits per heavy atom. The molecule has 6 rings (SSSR count). The largest absolute Gasteiger partial charge is 0.464 e. The Morgan fingerprint density at radius 2 is 1.44 bits per heavy atom. The van der Waals surface area contributed by atoms with Gasteiger partial charge in [-0.1, -0.05) is 91.6 Å². The van der Waals surface area contributed by atoms with Crippen molar-refractivity contribution >= 4 is 35.3 Å². The first-order valence-electron chi connectivity index (χ1n) is 11.6. The van der Waals surface area contributed by atoms with Gasteiger partial charge in [-0.25, -0.2) is 4.98 Å². The summed E-state index contributed by atoms with van der Waals surface area (Å²) in [6, 6.07) is 34.1. The molecule has 0 fully saturated rings. The van der Waals surface area contributed by atoms with Crippen LogP contribution in [0.2, 0.25) is 19.6 Å². The molecule has 0 spiro atoms. The van der Waals surface area contributed by atoms with Gasteiger partial charge in [-0.3, -0.25) is 4.57 Å². The van der Waals surface area contributed by atoms with Crippen LogP contribution in [0.3, 0.4) is 0 Å². The van der Waals surface area contributed by atoms with Crippen molar-refractivity contribution in [3.63, 3.8) is 0 Å². The van der Waals surface area contributed by atoms with Crippen molar-refractivity contribution in [3.8, 4) is 28.2 Å². The standard InChI is InChI=1S/C30H26N2OSi/c1-34(2,3)24-17-18-29-25(19-24)26(20-33-29)30-31-27-11-7-8-12-28(27)32(30)23-15-13-22(14-16-23)21-9-5-4-6-10-21/h4-20H,1-3H3. The molecule has 3 nitrogen and oxygen atoms in total. The van der Waals surface area contributed by atoms with E-state index in [1.807, 2.05) is 18.4 Å². The van der Waals surface area contributed by atoms with Crippen LogP contribution in [0.15, 0.2) is 108 Å². The lowest BCUT2D eigenvalue weighted by Crippen LogP contribution is -2.37. The van der Waals surface area contributed by atoms with Crippen molar-refractivity contribution < 1.29 is 4.42 Å². The van der Waals surface area contributed by atoms with Gasteiger partial charge in [0.25, 0.3) is 0 Å². The Balaban J connectivity index is 1.56. The van der Waals surface area contributed by atoms with E-state index in [0.717, 1.165) is 39.1 Å². The van der Waals surface area contributed by atoms with Gasteiger partial charge in [0, 0.05) is 11.1 Å². The number of furan rings is 1.